The van der Waals surface area contributed by atoms with Crippen LogP contribution in [0.3, 0.4) is 0 Å². The number of benzene rings is 4. The molecule has 4 aromatic carbocycles. The summed E-state index contributed by atoms with van der Waals surface area (Å²) in [6.45, 7) is 38.9. The maximum atomic E-state index is 8.25. The van der Waals surface area contributed by atoms with E-state index in [0.717, 1.165) is 82.0 Å². The van der Waals surface area contributed by atoms with Crippen molar-refractivity contribution in [3.8, 4) is 0 Å². The average Bonchev–Trinajstić information content (AvgIpc) is 1.90. The summed E-state index contributed by atoms with van der Waals surface area (Å²) < 4.78 is 18.6. The van der Waals surface area contributed by atoms with Gasteiger partial charge in [0.25, 0.3) is 0 Å². The van der Waals surface area contributed by atoms with Crippen LogP contribution in [0.25, 0.3) is 0 Å². The van der Waals surface area contributed by atoms with Crippen LogP contribution < -0.4 is 133 Å². The molecule has 0 saturated heterocycles. The molecule has 14 heteroatoms. The van der Waals surface area contributed by atoms with Crippen molar-refractivity contribution < 1.29 is 192 Å². The molecule has 2 aliphatic heterocycles. The van der Waals surface area contributed by atoms with Gasteiger partial charge >= 0.3 is 103 Å². The summed E-state index contributed by atoms with van der Waals surface area (Å²) in [4.78, 5) is 20.8. The molecule has 4 aromatic heterocycles. The number of hydrogen-bond acceptors (Lipinski definition) is 6. The van der Waals surface area contributed by atoms with Crippen molar-refractivity contribution >= 4 is 0 Å². The van der Waals surface area contributed by atoms with Crippen molar-refractivity contribution in [1.82, 2.24) is 19.9 Å². The molecule has 466 valence electrons. The number of rotatable bonds is 6. The van der Waals surface area contributed by atoms with Gasteiger partial charge in [-0.2, -0.15) is 108 Å². The van der Waals surface area contributed by atoms with Gasteiger partial charge in [-0.15, -0.1) is 22.8 Å². The fraction of sp³-hybridized carbons (Fsp3) is 0.459. The zero-order valence-electron chi connectivity index (χ0n) is 57.7. The quantitative estimate of drug-likeness (QED) is 0.102. The monoisotopic (exact) mass is 1690 g/mol. The minimum absolute atomic E-state index is 0. The third-order valence-corrected chi connectivity index (χ3v) is 17.6. The van der Waals surface area contributed by atoms with Gasteiger partial charge in [0.2, 0.25) is 0 Å². The van der Waals surface area contributed by atoms with E-state index in [1.165, 1.54) is 22.3 Å². The van der Waals surface area contributed by atoms with E-state index in [9.17, 15) is 0 Å². The van der Waals surface area contributed by atoms with Crippen LogP contribution in [0.4, 0.5) is 0 Å². The molecule has 10 nitrogen and oxygen atoms in total. The topological polar surface area (TPSA) is 139 Å². The van der Waals surface area contributed by atoms with Crippen LogP contribution in [0.2, 0.25) is 0 Å². The van der Waals surface area contributed by atoms with Gasteiger partial charge in [-0.3, -0.25) is 0 Å². The maximum Gasteiger partial charge on any atom is 1.00 e. The van der Waals surface area contributed by atoms with E-state index in [1.807, 2.05) is 0 Å². The molecule has 88 heavy (non-hydrogen) atoms. The van der Waals surface area contributed by atoms with Crippen LogP contribution in [0, 0.1) is 72.0 Å². The number of ether oxygens (including phenoxy) is 4. The molecule has 16 bridgehead atoms. The van der Waals surface area contributed by atoms with Gasteiger partial charge < -0.3 is 49.1 Å². The summed E-state index contributed by atoms with van der Waals surface area (Å²) in [5.74, 6) is 0. The minimum atomic E-state index is -0.258. The first-order valence-corrected chi connectivity index (χ1v) is 29.2. The van der Waals surface area contributed by atoms with E-state index >= 15 is 0 Å². The average molecular weight is 1690 g/mol. The van der Waals surface area contributed by atoms with E-state index in [1.54, 1.807) is 28.4 Å². The van der Waals surface area contributed by atoms with Crippen molar-refractivity contribution in [3.63, 3.8) is 0 Å². The van der Waals surface area contributed by atoms with Crippen molar-refractivity contribution in [2.45, 2.75) is 154 Å². The molecule has 0 spiro atoms. The molecule has 0 N–H and O–H groups in total. The van der Waals surface area contributed by atoms with Crippen molar-refractivity contribution in [3.05, 3.63) is 236 Å². The molecular weight excluding hydrogens is 1590 g/mol. The van der Waals surface area contributed by atoms with E-state index in [-0.39, 0.29) is 206 Å². The molecule has 0 unspecified atom stereocenters. The van der Waals surface area contributed by atoms with E-state index < -0.39 is 0 Å². The second-order valence-electron chi connectivity index (χ2n) is 26.0. The fourth-order valence-electron chi connectivity index (χ4n) is 10.7. The smallest absolute Gasteiger partial charge is 0.857 e. The Balaban J connectivity index is 0.000000683. The molecule has 2 aliphatic rings. The van der Waals surface area contributed by atoms with E-state index in [4.69, 9.17) is 30.1 Å². The second-order valence-corrected chi connectivity index (χ2v) is 26.0. The van der Waals surface area contributed by atoms with Crippen molar-refractivity contribution in [2.75, 3.05) is 69.1 Å². The molecule has 0 saturated carbocycles. The summed E-state index contributed by atoms with van der Waals surface area (Å²) in [6, 6.07) is 56.1. The SMILES string of the molecule is CC1(C)c2[c-]c(ccc2)C(C)(C)c2ccc([n-]2)C(C)(C)c2cccc(c2)C(C)(C)c2ccc1[n-]2.CC1(C)c2[c-]c(ccc2)C(C)(C)c2ccc([n-]2)C(C)(C)c2cccc(c2)C(C)(C)c2ccc1[n-]2.COCCOC.COCCOC.C[O-].C[O-].[K+].[K+].[Np].[Np]. The molecular formula is C74H96K2N4Np2O6-6. The van der Waals surface area contributed by atoms with Gasteiger partial charge in [0.15, 0.2) is 0 Å². The largest absolute Gasteiger partial charge is 1.00 e. The van der Waals surface area contributed by atoms with Gasteiger partial charge in [0.05, 0.1) is 26.4 Å². The normalized spacial score (nSPS) is 16.5. The first kappa shape index (κ1) is 85.1. The summed E-state index contributed by atoms with van der Waals surface area (Å²) in [5.41, 5.74) is 16.6. The van der Waals surface area contributed by atoms with Crippen molar-refractivity contribution in [1.29, 1.82) is 0 Å². The molecule has 0 fully saturated rings. The Morgan fingerprint density at radius 2 is 0.443 bits per heavy atom. The molecule has 10 rings (SSSR count). The van der Waals surface area contributed by atoms with Crippen LogP contribution in [-0.4, -0.2) is 69.1 Å². The standard InChI is InChI=1S/2C32H35N2.2C4H10O2.2CH3O.2K.2Np/c2*1-29(2)21-11-9-12-22(19-21)30(3,4)27-17-18-28(34-27)32(7,8)24-14-10-13-23(20-24)31(5,6)26-16-15-25(29)33-26;2*1-5-3-4-6-2;2*1-2;;;;/h2*9-19H,1-8H3;2*3-4H2,1-2H3;2*1H3;;;;/q2*-3;;;2*-1;2*+1;;. The summed E-state index contributed by atoms with van der Waals surface area (Å²) in [5, 5.41) is 16.5. The Morgan fingerprint density at radius 1 is 0.284 bits per heavy atom. The Bertz CT molecular complexity index is 2720. The Morgan fingerprint density at radius 3 is 0.614 bits per heavy atom. The number of methoxy groups -OCH3 is 4. The predicted molar refractivity (Wildman–Crippen MR) is 339 cm³/mol. The van der Waals surface area contributed by atoms with Crippen LogP contribution >= 0.6 is 0 Å². The number of hydrogen-bond donors (Lipinski definition) is 0. The third kappa shape index (κ3) is 19.2. The molecule has 0 amide bonds. The zero-order valence-corrected chi connectivity index (χ0v) is 71.4. The van der Waals surface area contributed by atoms with Crippen LogP contribution in [0.5, 0.6) is 0 Å². The maximum absolute atomic E-state index is 8.25. The molecule has 8 aromatic rings. The molecule has 0 atom stereocenters. The van der Waals surface area contributed by atoms with Gasteiger partial charge in [-0.05, 0) is 65.6 Å². The second kappa shape index (κ2) is 36.2. The van der Waals surface area contributed by atoms with Gasteiger partial charge in [0, 0.05) is 88.3 Å². The molecule has 0 aliphatic carbocycles. The van der Waals surface area contributed by atoms with E-state index in [2.05, 4.69) is 275 Å². The first-order valence-electron chi connectivity index (χ1n) is 29.2. The third-order valence-electron chi connectivity index (χ3n) is 17.6. The van der Waals surface area contributed by atoms with Crippen LogP contribution in [0.1, 0.15) is 201 Å². The molecule has 2 radical (unpaired) electrons. The van der Waals surface area contributed by atoms with Crippen LogP contribution in [-0.2, 0) is 62.3 Å². The number of fused-ring (bicyclic) bond motifs is 16. The minimum Gasteiger partial charge on any atom is -0.857 e. The van der Waals surface area contributed by atoms with Gasteiger partial charge in [0.1, 0.15) is 0 Å². The summed E-state index contributed by atoms with van der Waals surface area (Å²) in [6.07, 6.45) is 0. The first-order chi connectivity index (χ1) is 39.5. The summed E-state index contributed by atoms with van der Waals surface area (Å²) >= 11 is 0. The van der Waals surface area contributed by atoms with Crippen LogP contribution in [0.15, 0.2) is 133 Å². The molecule has 6 heterocycles. The Hall–Kier alpha value is -0.941. The zero-order chi connectivity index (χ0) is 62.7. The number of aromatic nitrogens is 4. The van der Waals surface area contributed by atoms with Gasteiger partial charge in [-0.25, -0.2) is 0 Å². The Kier molecular flexibility index (Phi) is 35.0. The Labute approximate surface area is 661 Å². The van der Waals surface area contributed by atoms with E-state index in [0.29, 0.717) is 26.4 Å². The summed E-state index contributed by atoms with van der Waals surface area (Å²) in [7, 11) is 8.11. The van der Waals surface area contributed by atoms with Crippen molar-refractivity contribution in [2.24, 2.45) is 0 Å². The number of nitrogens with zero attached hydrogens (tertiary/aromatic N) is 4. The van der Waals surface area contributed by atoms with Gasteiger partial charge in [-0.1, -0.05) is 208 Å². The predicted octanol–water partition coefficient (Wildman–Crippen LogP) is 6.56. The fourth-order valence-corrected chi connectivity index (χ4v) is 10.7.